The number of carbonyl (C=O) groups is 1. The van der Waals surface area contributed by atoms with Gasteiger partial charge in [0.25, 0.3) is 0 Å². The van der Waals surface area contributed by atoms with Gasteiger partial charge in [-0.3, -0.25) is 10.1 Å². The molecule has 6 nitrogen and oxygen atoms in total. The Bertz CT molecular complexity index is 435. The Hall–Kier alpha value is -2.18. The van der Waals surface area contributed by atoms with E-state index in [0.29, 0.717) is 0 Å². The molecular weight excluding hydrogens is 233 g/mol. The van der Waals surface area contributed by atoms with E-state index in [-0.39, 0.29) is 19.0 Å². The molecule has 0 spiro atoms. The van der Waals surface area contributed by atoms with Gasteiger partial charge in [-0.1, -0.05) is 0 Å². The first-order valence-electron chi connectivity index (χ1n) is 4.77. The molecule has 0 radical (unpaired) electrons. The molecule has 17 heavy (non-hydrogen) atoms. The van der Waals surface area contributed by atoms with Crippen molar-refractivity contribution >= 4 is 11.7 Å². The van der Waals surface area contributed by atoms with E-state index in [9.17, 15) is 19.3 Å². The minimum atomic E-state index is -0.960. The summed E-state index contributed by atoms with van der Waals surface area (Å²) in [6.45, 7) is 1.48. The molecule has 0 aromatic heterocycles. The molecule has 0 fully saturated rings. The van der Waals surface area contributed by atoms with Crippen molar-refractivity contribution in [2.24, 2.45) is 0 Å². The van der Waals surface area contributed by atoms with Crippen LogP contribution in [0.15, 0.2) is 18.2 Å². The van der Waals surface area contributed by atoms with Crippen LogP contribution in [0.1, 0.15) is 6.92 Å². The number of nitro benzene ring substituents is 1. The van der Waals surface area contributed by atoms with E-state index in [1.54, 1.807) is 6.92 Å². The maximum atomic E-state index is 13.0. The van der Waals surface area contributed by atoms with Gasteiger partial charge >= 0.3 is 11.7 Å². The number of nitro groups is 1. The second-order valence-corrected chi connectivity index (χ2v) is 2.96. The first-order chi connectivity index (χ1) is 8.04. The molecular formula is C10H10FNO5. The Labute approximate surface area is 96.1 Å². The zero-order valence-electron chi connectivity index (χ0n) is 9.01. The number of ether oxygens (including phenoxy) is 2. The highest BCUT2D eigenvalue weighted by atomic mass is 19.1. The summed E-state index contributed by atoms with van der Waals surface area (Å²) in [5, 5.41) is 10.4. The van der Waals surface area contributed by atoms with E-state index in [1.807, 2.05) is 0 Å². The number of carbonyl (C=O) groups excluding carboxylic acids is 1. The van der Waals surface area contributed by atoms with Crippen molar-refractivity contribution < 1.29 is 23.6 Å². The molecule has 0 saturated carbocycles. The number of nitrogens with zero attached hydrogens (tertiary/aromatic N) is 1. The Morgan fingerprint density at radius 2 is 2.24 bits per heavy atom. The van der Waals surface area contributed by atoms with Crippen LogP contribution in [0.5, 0.6) is 5.75 Å². The minimum Gasteiger partial charge on any atom is -0.482 e. The molecule has 1 aromatic carbocycles. The van der Waals surface area contributed by atoms with Crippen LogP contribution >= 0.6 is 0 Å². The molecule has 0 amide bonds. The zero-order chi connectivity index (χ0) is 12.8. The van der Waals surface area contributed by atoms with Crippen molar-refractivity contribution in [3.8, 4) is 5.75 Å². The summed E-state index contributed by atoms with van der Waals surface area (Å²) in [5.41, 5.74) is -0.702. The Balaban J connectivity index is 2.69. The maximum absolute atomic E-state index is 13.0. The van der Waals surface area contributed by atoms with Gasteiger partial charge in [0.05, 0.1) is 17.6 Å². The van der Waals surface area contributed by atoms with Gasteiger partial charge in [0.15, 0.2) is 6.61 Å². The summed E-state index contributed by atoms with van der Waals surface area (Å²) < 4.78 is 22.5. The SMILES string of the molecule is CCOC(=O)COc1ccc(F)c([N+](=O)[O-])c1. The van der Waals surface area contributed by atoms with Gasteiger partial charge in [-0.05, 0) is 19.1 Å². The molecule has 0 atom stereocenters. The average Bonchev–Trinajstić information content (AvgIpc) is 2.28. The normalized spacial score (nSPS) is 9.76. The van der Waals surface area contributed by atoms with Gasteiger partial charge in [-0.15, -0.1) is 0 Å². The molecule has 92 valence electrons. The number of hydrogen-bond acceptors (Lipinski definition) is 5. The highest BCUT2D eigenvalue weighted by Crippen LogP contribution is 2.23. The summed E-state index contributed by atoms with van der Waals surface area (Å²) in [5.74, 6) is -1.52. The van der Waals surface area contributed by atoms with Crippen LogP contribution in [0.4, 0.5) is 10.1 Å². The lowest BCUT2D eigenvalue weighted by Gasteiger charge is -2.05. The van der Waals surface area contributed by atoms with Crippen LogP contribution in [0.2, 0.25) is 0 Å². The third kappa shape index (κ3) is 3.71. The molecule has 0 aliphatic carbocycles. The number of halogens is 1. The van der Waals surface area contributed by atoms with Crippen molar-refractivity contribution in [3.63, 3.8) is 0 Å². The fourth-order valence-corrected chi connectivity index (χ4v) is 1.07. The molecule has 0 heterocycles. The first-order valence-corrected chi connectivity index (χ1v) is 4.77. The van der Waals surface area contributed by atoms with Crippen molar-refractivity contribution in [1.29, 1.82) is 0 Å². The Kier molecular flexibility index (Phi) is 4.38. The van der Waals surface area contributed by atoms with E-state index in [2.05, 4.69) is 4.74 Å². The van der Waals surface area contributed by atoms with E-state index in [4.69, 9.17) is 4.74 Å². The second-order valence-electron chi connectivity index (χ2n) is 2.96. The standard InChI is InChI=1S/C10H10FNO5/c1-2-16-10(13)6-17-7-3-4-8(11)9(5-7)12(14)15/h3-5H,2,6H2,1H3. The second kappa shape index (κ2) is 5.78. The zero-order valence-corrected chi connectivity index (χ0v) is 9.01. The molecule has 7 heteroatoms. The molecule has 0 N–H and O–H groups in total. The monoisotopic (exact) mass is 243 g/mol. The number of rotatable bonds is 5. The fourth-order valence-electron chi connectivity index (χ4n) is 1.07. The molecule has 1 aromatic rings. The van der Waals surface area contributed by atoms with Gasteiger partial charge in [-0.25, -0.2) is 4.79 Å². The molecule has 0 aliphatic heterocycles. The lowest BCUT2D eigenvalue weighted by Crippen LogP contribution is -2.14. The Morgan fingerprint density at radius 3 is 2.82 bits per heavy atom. The number of benzene rings is 1. The summed E-state index contributed by atoms with van der Waals surface area (Å²) >= 11 is 0. The topological polar surface area (TPSA) is 78.7 Å². The summed E-state index contributed by atoms with van der Waals surface area (Å²) in [6.07, 6.45) is 0. The van der Waals surface area contributed by atoms with Gasteiger partial charge in [0, 0.05) is 0 Å². The van der Waals surface area contributed by atoms with Crippen molar-refractivity contribution in [1.82, 2.24) is 0 Å². The van der Waals surface area contributed by atoms with Gasteiger partial charge in [-0.2, -0.15) is 4.39 Å². The number of hydrogen-bond donors (Lipinski definition) is 0. The lowest BCUT2D eigenvalue weighted by atomic mass is 10.3. The largest absolute Gasteiger partial charge is 0.482 e. The first kappa shape index (κ1) is 12.9. The van der Waals surface area contributed by atoms with E-state index in [1.165, 1.54) is 6.07 Å². The summed E-state index contributed by atoms with van der Waals surface area (Å²) in [6, 6.07) is 3.01. The number of esters is 1. The van der Waals surface area contributed by atoms with Crippen LogP contribution in [0, 0.1) is 15.9 Å². The van der Waals surface area contributed by atoms with Crippen LogP contribution in [0.25, 0.3) is 0 Å². The van der Waals surface area contributed by atoms with Crippen LogP contribution in [-0.4, -0.2) is 24.1 Å². The van der Waals surface area contributed by atoms with Crippen LogP contribution in [0.3, 0.4) is 0 Å². The predicted octanol–water partition coefficient (Wildman–Crippen LogP) is 1.68. The highest BCUT2D eigenvalue weighted by Gasteiger charge is 2.15. The molecule has 0 bridgehead atoms. The van der Waals surface area contributed by atoms with Crippen molar-refractivity contribution in [3.05, 3.63) is 34.1 Å². The van der Waals surface area contributed by atoms with Crippen LogP contribution in [-0.2, 0) is 9.53 Å². The molecule has 1 rings (SSSR count). The van der Waals surface area contributed by atoms with Crippen LogP contribution < -0.4 is 4.74 Å². The third-order valence-corrected chi connectivity index (χ3v) is 1.78. The van der Waals surface area contributed by atoms with Gasteiger partial charge in [0.1, 0.15) is 5.75 Å². The maximum Gasteiger partial charge on any atom is 0.344 e. The smallest absolute Gasteiger partial charge is 0.344 e. The summed E-state index contributed by atoms with van der Waals surface area (Å²) in [4.78, 5) is 20.5. The average molecular weight is 243 g/mol. The highest BCUT2D eigenvalue weighted by molar-refractivity contribution is 5.71. The molecule has 0 saturated heterocycles. The Morgan fingerprint density at radius 1 is 1.53 bits per heavy atom. The van der Waals surface area contributed by atoms with Gasteiger partial charge in [0.2, 0.25) is 5.82 Å². The third-order valence-electron chi connectivity index (χ3n) is 1.78. The summed E-state index contributed by atoms with van der Waals surface area (Å²) in [7, 11) is 0. The van der Waals surface area contributed by atoms with E-state index < -0.39 is 22.4 Å². The molecule has 0 unspecified atom stereocenters. The predicted molar refractivity (Wildman–Crippen MR) is 55.2 cm³/mol. The van der Waals surface area contributed by atoms with E-state index >= 15 is 0 Å². The fraction of sp³-hybridized carbons (Fsp3) is 0.300. The quantitative estimate of drug-likeness (QED) is 0.446. The van der Waals surface area contributed by atoms with Crippen molar-refractivity contribution in [2.45, 2.75) is 6.92 Å². The van der Waals surface area contributed by atoms with Gasteiger partial charge < -0.3 is 9.47 Å². The van der Waals surface area contributed by atoms with Crippen molar-refractivity contribution in [2.75, 3.05) is 13.2 Å². The molecule has 0 aliphatic rings. The van der Waals surface area contributed by atoms with E-state index in [0.717, 1.165) is 12.1 Å². The minimum absolute atomic E-state index is 0.0335. The lowest BCUT2D eigenvalue weighted by molar-refractivity contribution is -0.387.